The van der Waals surface area contributed by atoms with Gasteiger partial charge in [0, 0.05) is 43.6 Å². The lowest BCUT2D eigenvalue weighted by molar-refractivity contribution is 0.0440. The number of sulfonamides is 1. The first-order valence-corrected chi connectivity index (χ1v) is 10.8. The second kappa shape index (κ2) is 7.29. The highest BCUT2D eigenvalue weighted by Gasteiger charge is 2.39. The molecule has 7 nitrogen and oxygen atoms in total. The van der Waals surface area contributed by atoms with Crippen LogP contribution >= 0.6 is 0 Å². The zero-order chi connectivity index (χ0) is 19.7. The number of pyridine rings is 2. The fraction of sp³-hybridized carbons (Fsp3) is 0.250. The van der Waals surface area contributed by atoms with Crippen LogP contribution in [-0.4, -0.2) is 58.9 Å². The lowest BCUT2D eigenvalue weighted by Gasteiger charge is -2.44. The molecule has 8 heteroatoms. The van der Waals surface area contributed by atoms with E-state index in [4.69, 9.17) is 0 Å². The molecule has 1 aliphatic rings. The summed E-state index contributed by atoms with van der Waals surface area (Å²) in [6.45, 7) is 0.931. The number of amides is 1. The van der Waals surface area contributed by atoms with Gasteiger partial charge < -0.3 is 4.90 Å². The quantitative estimate of drug-likeness (QED) is 0.658. The number of rotatable bonds is 5. The van der Waals surface area contributed by atoms with Gasteiger partial charge in [-0.2, -0.15) is 4.31 Å². The number of hydrogen-bond acceptors (Lipinski definition) is 5. The first kappa shape index (κ1) is 18.5. The van der Waals surface area contributed by atoms with Gasteiger partial charge in [-0.15, -0.1) is 0 Å². The molecule has 1 fully saturated rings. The molecule has 1 aromatic carbocycles. The van der Waals surface area contributed by atoms with E-state index in [-0.39, 0.29) is 18.5 Å². The van der Waals surface area contributed by atoms with Gasteiger partial charge in [-0.1, -0.05) is 30.3 Å². The summed E-state index contributed by atoms with van der Waals surface area (Å²) in [5, 5.41) is 1.75. The van der Waals surface area contributed by atoms with Crippen molar-refractivity contribution in [3.8, 4) is 0 Å². The number of aromatic nitrogens is 2. The Balaban J connectivity index is 1.51. The van der Waals surface area contributed by atoms with Crippen LogP contribution in [0.4, 0.5) is 0 Å². The van der Waals surface area contributed by atoms with Crippen molar-refractivity contribution in [3.63, 3.8) is 0 Å². The summed E-state index contributed by atoms with van der Waals surface area (Å²) in [5.74, 6) is -0.178. The van der Waals surface area contributed by atoms with E-state index in [2.05, 4.69) is 9.97 Å². The first-order chi connectivity index (χ1) is 13.4. The van der Waals surface area contributed by atoms with E-state index in [0.29, 0.717) is 18.8 Å². The van der Waals surface area contributed by atoms with E-state index in [1.54, 1.807) is 29.6 Å². The SMILES string of the molecule is CS(=O)(=O)N(Cc1cccnc1)C1CN(C(=O)c2nccc3ccccc23)C1. The van der Waals surface area contributed by atoms with Crippen molar-refractivity contribution in [1.82, 2.24) is 19.2 Å². The molecule has 0 atom stereocenters. The molecule has 3 heterocycles. The maximum atomic E-state index is 12.9. The molecule has 0 spiro atoms. The molecule has 0 N–H and O–H groups in total. The number of carbonyl (C=O) groups excluding carboxylic acids is 1. The van der Waals surface area contributed by atoms with Gasteiger partial charge in [0.1, 0.15) is 5.69 Å². The molecular weight excluding hydrogens is 376 g/mol. The fourth-order valence-electron chi connectivity index (χ4n) is 3.43. The predicted octanol–water partition coefficient (Wildman–Crippen LogP) is 1.92. The Hall–Kier alpha value is -2.84. The summed E-state index contributed by atoms with van der Waals surface area (Å²) in [7, 11) is -3.42. The Bertz CT molecular complexity index is 1110. The van der Waals surface area contributed by atoms with Crippen LogP contribution in [0.25, 0.3) is 10.8 Å². The van der Waals surface area contributed by atoms with Crippen LogP contribution in [0.5, 0.6) is 0 Å². The minimum atomic E-state index is -3.42. The summed E-state index contributed by atoms with van der Waals surface area (Å²) in [6, 6.07) is 12.8. The van der Waals surface area contributed by atoms with Crippen LogP contribution < -0.4 is 0 Å². The molecule has 144 valence electrons. The normalized spacial score (nSPS) is 15.0. The van der Waals surface area contributed by atoms with Crippen LogP contribution in [0.3, 0.4) is 0 Å². The summed E-state index contributed by atoms with van der Waals surface area (Å²) >= 11 is 0. The smallest absolute Gasteiger partial charge is 0.273 e. The molecule has 1 saturated heterocycles. The molecule has 2 aromatic heterocycles. The first-order valence-electron chi connectivity index (χ1n) is 8.92. The van der Waals surface area contributed by atoms with E-state index in [0.717, 1.165) is 16.3 Å². The van der Waals surface area contributed by atoms with E-state index < -0.39 is 10.0 Å². The Morgan fingerprint density at radius 3 is 2.64 bits per heavy atom. The molecule has 0 radical (unpaired) electrons. The molecule has 0 unspecified atom stereocenters. The van der Waals surface area contributed by atoms with Crippen molar-refractivity contribution in [2.75, 3.05) is 19.3 Å². The van der Waals surface area contributed by atoms with Crippen molar-refractivity contribution in [3.05, 3.63) is 72.3 Å². The standard InChI is InChI=1S/C20H20N4O3S/c1-28(26,27)24(12-15-5-4-9-21-11-15)17-13-23(14-17)20(25)19-18-7-3-2-6-16(18)8-10-22-19/h2-11,17H,12-14H2,1H3. The highest BCUT2D eigenvalue weighted by Crippen LogP contribution is 2.24. The van der Waals surface area contributed by atoms with E-state index in [9.17, 15) is 13.2 Å². The number of likely N-dealkylation sites (tertiary alicyclic amines) is 1. The van der Waals surface area contributed by atoms with E-state index >= 15 is 0 Å². The number of fused-ring (bicyclic) bond motifs is 1. The third kappa shape index (κ3) is 3.61. The Kier molecular flexibility index (Phi) is 4.82. The van der Waals surface area contributed by atoms with E-state index in [1.807, 2.05) is 36.4 Å². The molecule has 1 amide bonds. The molecule has 28 heavy (non-hydrogen) atoms. The molecule has 4 rings (SSSR count). The molecule has 0 saturated carbocycles. The zero-order valence-corrected chi connectivity index (χ0v) is 16.2. The van der Waals surface area contributed by atoms with Gasteiger partial charge in [-0.25, -0.2) is 8.42 Å². The van der Waals surface area contributed by atoms with E-state index in [1.165, 1.54) is 10.6 Å². The van der Waals surface area contributed by atoms with Gasteiger partial charge in [0.25, 0.3) is 5.91 Å². The Labute approximate surface area is 163 Å². The van der Waals surface area contributed by atoms with Gasteiger partial charge >= 0.3 is 0 Å². The Morgan fingerprint density at radius 2 is 1.93 bits per heavy atom. The summed E-state index contributed by atoms with van der Waals surface area (Å²) in [4.78, 5) is 22.8. The van der Waals surface area contributed by atoms with Gasteiger partial charge in [0.2, 0.25) is 10.0 Å². The maximum Gasteiger partial charge on any atom is 0.273 e. The minimum absolute atomic E-state index is 0.178. The number of benzene rings is 1. The van der Waals surface area contributed by atoms with Crippen LogP contribution in [0.1, 0.15) is 16.1 Å². The molecule has 1 aliphatic heterocycles. The number of nitrogens with zero attached hydrogens (tertiary/aromatic N) is 4. The highest BCUT2D eigenvalue weighted by molar-refractivity contribution is 7.88. The average Bonchev–Trinajstić information content (AvgIpc) is 2.65. The number of carbonyl (C=O) groups is 1. The second-order valence-corrected chi connectivity index (χ2v) is 8.85. The largest absolute Gasteiger partial charge is 0.334 e. The summed E-state index contributed by atoms with van der Waals surface area (Å²) in [5.41, 5.74) is 1.21. The molecule has 0 aliphatic carbocycles. The van der Waals surface area contributed by atoms with Crippen LogP contribution in [-0.2, 0) is 16.6 Å². The van der Waals surface area contributed by atoms with Gasteiger partial charge in [-0.3, -0.25) is 14.8 Å². The fourth-order valence-corrected chi connectivity index (χ4v) is 4.49. The topological polar surface area (TPSA) is 83.5 Å². The van der Waals surface area contributed by atoms with Crippen molar-refractivity contribution in [1.29, 1.82) is 0 Å². The zero-order valence-electron chi connectivity index (χ0n) is 15.4. The van der Waals surface area contributed by atoms with Crippen LogP contribution in [0, 0.1) is 0 Å². The van der Waals surface area contributed by atoms with Gasteiger partial charge in [-0.05, 0) is 23.1 Å². The summed E-state index contributed by atoms with van der Waals surface area (Å²) < 4.78 is 26.0. The summed E-state index contributed by atoms with van der Waals surface area (Å²) in [6.07, 6.45) is 6.12. The third-order valence-corrected chi connectivity index (χ3v) is 6.20. The average molecular weight is 396 g/mol. The van der Waals surface area contributed by atoms with Crippen molar-refractivity contribution < 1.29 is 13.2 Å². The van der Waals surface area contributed by atoms with Gasteiger partial charge in [0.15, 0.2) is 0 Å². The highest BCUT2D eigenvalue weighted by atomic mass is 32.2. The lowest BCUT2D eigenvalue weighted by atomic mass is 10.0. The predicted molar refractivity (Wildman–Crippen MR) is 106 cm³/mol. The van der Waals surface area contributed by atoms with Crippen molar-refractivity contribution in [2.24, 2.45) is 0 Å². The third-order valence-electron chi connectivity index (χ3n) is 4.92. The molecular formula is C20H20N4O3S. The molecule has 0 bridgehead atoms. The molecule has 3 aromatic rings. The van der Waals surface area contributed by atoms with Crippen molar-refractivity contribution >= 4 is 26.7 Å². The number of hydrogen-bond donors (Lipinski definition) is 0. The monoisotopic (exact) mass is 396 g/mol. The lowest BCUT2D eigenvalue weighted by Crippen LogP contribution is -2.61. The minimum Gasteiger partial charge on any atom is -0.334 e. The van der Waals surface area contributed by atoms with Crippen LogP contribution in [0.15, 0.2) is 61.1 Å². The van der Waals surface area contributed by atoms with Crippen molar-refractivity contribution in [2.45, 2.75) is 12.6 Å². The maximum absolute atomic E-state index is 12.9. The van der Waals surface area contributed by atoms with Gasteiger partial charge in [0.05, 0.1) is 12.3 Å². The Morgan fingerprint density at radius 1 is 1.14 bits per heavy atom. The second-order valence-electron chi connectivity index (χ2n) is 6.91. The van der Waals surface area contributed by atoms with Crippen LogP contribution in [0.2, 0.25) is 0 Å².